The monoisotopic (exact) mass is 475 g/mol. The molecule has 138 valence electrons. The van der Waals surface area contributed by atoms with E-state index in [1.54, 1.807) is 13.4 Å². The van der Waals surface area contributed by atoms with Crippen molar-refractivity contribution in [3.8, 4) is 0 Å². The van der Waals surface area contributed by atoms with Gasteiger partial charge in [-0.15, -0.1) is 45.5 Å². The van der Waals surface area contributed by atoms with E-state index in [0.717, 1.165) is 44.3 Å². The van der Waals surface area contributed by atoms with Crippen molar-refractivity contribution in [2.75, 3.05) is 25.0 Å². The van der Waals surface area contributed by atoms with Crippen molar-refractivity contribution in [2.24, 2.45) is 4.99 Å². The van der Waals surface area contributed by atoms with Gasteiger partial charge in [0.05, 0.1) is 11.5 Å². The summed E-state index contributed by atoms with van der Waals surface area (Å²) in [5.41, 5.74) is 0. The summed E-state index contributed by atoms with van der Waals surface area (Å²) in [5.74, 6) is 1.75. The Hall–Kier alpha value is -1.36. The summed E-state index contributed by atoms with van der Waals surface area (Å²) in [7, 11) is 1.81. The van der Waals surface area contributed by atoms with Gasteiger partial charge in [-0.05, 0) is 37.3 Å². The lowest BCUT2D eigenvalue weighted by molar-refractivity contribution is 0.462. The fourth-order valence-corrected chi connectivity index (χ4v) is 3.71. The van der Waals surface area contributed by atoms with Gasteiger partial charge in [-0.25, -0.2) is 0 Å². The van der Waals surface area contributed by atoms with Crippen LogP contribution in [-0.4, -0.2) is 46.9 Å². The first-order chi connectivity index (χ1) is 11.8. The number of aromatic nitrogens is 3. The van der Waals surface area contributed by atoms with Crippen LogP contribution in [0.15, 0.2) is 28.8 Å². The number of hydrogen-bond acceptors (Lipinski definition) is 5. The third-order valence-corrected chi connectivity index (χ3v) is 5.26. The van der Waals surface area contributed by atoms with Crippen LogP contribution in [0.1, 0.15) is 25.6 Å². The number of guanidine groups is 1. The summed E-state index contributed by atoms with van der Waals surface area (Å²) < 4.78 is 2.03. The zero-order valence-corrected chi connectivity index (χ0v) is 17.8. The fourth-order valence-electron chi connectivity index (χ4n) is 2.92. The molecule has 0 saturated carbocycles. The van der Waals surface area contributed by atoms with Gasteiger partial charge in [-0.3, -0.25) is 4.99 Å². The molecule has 1 saturated heterocycles. The van der Waals surface area contributed by atoms with E-state index in [1.807, 2.05) is 15.9 Å². The predicted molar refractivity (Wildman–Crippen MR) is 114 cm³/mol. The molecule has 1 fully saturated rings. The number of thiophene rings is 1. The van der Waals surface area contributed by atoms with Gasteiger partial charge < -0.3 is 20.1 Å². The Balaban J connectivity index is 0.00000225. The highest BCUT2D eigenvalue weighted by Gasteiger charge is 2.20. The summed E-state index contributed by atoms with van der Waals surface area (Å²) in [6.07, 6.45) is 3.99. The van der Waals surface area contributed by atoms with Gasteiger partial charge in [0.1, 0.15) is 6.33 Å². The Morgan fingerprint density at radius 3 is 2.84 bits per heavy atom. The van der Waals surface area contributed by atoms with Gasteiger partial charge in [0.2, 0.25) is 0 Å². The Labute approximate surface area is 169 Å². The predicted octanol–water partition coefficient (Wildman–Crippen LogP) is 2.31. The number of nitrogens with one attached hydrogen (secondary N) is 2. The molecule has 25 heavy (non-hydrogen) atoms. The van der Waals surface area contributed by atoms with Crippen LogP contribution in [0.2, 0.25) is 0 Å². The molecule has 0 radical (unpaired) electrons. The highest BCUT2D eigenvalue weighted by molar-refractivity contribution is 14.0. The van der Waals surface area contributed by atoms with Crippen LogP contribution in [0.5, 0.6) is 0 Å². The lowest BCUT2D eigenvalue weighted by atomic mass is 10.1. The number of nitrogens with zero attached hydrogens (tertiary/aromatic N) is 5. The fraction of sp³-hybridized carbons (Fsp3) is 0.562. The molecule has 1 aliphatic rings. The minimum Gasteiger partial charge on any atom is -0.363 e. The zero-order valence-electron chi connectivity index (χ0n) is 14.7. The van der Waals surface area contributed by atoms with E-state index in [0.29, 0.717) is 12.6 Å². The third-order valence-electron chi connectivity index (χ3n) is 4.33. The molecule has 0 unspecified atom stereocenters. The number of rotatable bonds is 5. The Morgan fingerprint density at radius 1 is 1.40 bits per heavy atom. The first-order valence-corrected chi connectivity index (χ1v) is 9.30. The zero-order chi connectivity index (χ0) is 16.8. The second-order valence-electron chi connectivity index (χ2n) is 5.82. The molecule has 0 amide bonds. The molecule has 0 aliphatic carbocycles. The maximum Gasteiger partial charge on any atom is 0.191 e. The van der Waals surface area contributed by atoms with Crippen molar-refractivity contribution in [3.05, 3.63) is 29.7 Å². The SMILES string of the molecule is CCn1cnnc1CNC(=NC)NC1CCN(c2cccs2)CC1.I. The van der Waals surface area contributed by atoms with Gasteiger partial charge in [0.15, 0.2) is 11.8 Å². The van der Waals surface area contributed by atoms with Gasteiger partial charge in [0, 0.05) is 32.7 Å². The second kappa shape index (κ2) is 9.95. The molecule has 0 spiro atoms. The quantitative estimate of drug-likeness (QED) is 0.395. The standard InChI is InChI=1S/C16H25N7S.HI/c1-3-22-12-19-21-14(22)11-18-16(17-2)20-13-6-8-23(9-7-13)15-5-4-10-24-15;/h4-5,10,12-13H,3,6-9,11H2,1-2H3,(H2,17,18,20);1H. The molecular formula is C16H26IN7S. The van der Waals surface area contributed by atoms with Crippen molar-refractivity contribution in [2.45, 2.75) is 38.9 Å². The van der Waals surface area contributed by atoms with Crippen LogP contribution in [-0.2, 0) is 13.1 Å². The summed E-state index contributed by atoms with van der Waals surface area (Å²) in [5, 5.41) is 18.5. The topological polar surface area (TPSA) is 70.4 Å². The van der Waals surface area contributed by atoms with Crippen molar-refractivity contribution >= 4 is 46.3 Å². The minimum atomic E-state index is 0. The molecule has 3 rings (SSSR count). The molecule has 7 nitrogen and oxygen atoms in total. The maximum absolute atomic E-state index is 4.33. The van der Waals surface area contributed by atoms with Crippen molar-refractivity contribution in [1.29, 1.82) is 0 Å². The Kier molecular flexibility index (Phi) is 7.94. The first-order valence-electron chi connectivity index (χ1n) is 8.42. The van der Waals surface area contributed by atoms with Gasteiger partial charge in [-0.2, -0.15) is 0 Å². The van der Waals surface area contributed by atoms with Crippen LogP contribution in [0.25, 0.3) is 0 Å². The van der Waals surface area contributed by atoms with Crippen LogP contribution in [0.3, 0.4) is 0 Å². The minimum absolute atomic E-state index is 0. The van der Waals surface area contributed by atoms with Gasteiger partial charge >= 0.3 is 0 Å². The second-order valence-corrected chi connectivity index (χ2v) is 6.74. The molecule has 0 aromatic carbocycles. The number of hydrogen-bond donors (Lipinski definition) is 2. The van der Waals surface area contributed by atoms with Crippen LogP contribution < -0.4 is 15.5 Å². The van der Waals surface area contributed by atoms with E-state index in [9.17, 15) is 0 Å². The highest BCUT2D eigenvalue weighted by atomic mass is 127. The van der Waals surface area contributed by atoms with Crippen molar-refractivity contribution in [1.82, 2.24) is 25.4 Å². The van der Waals surface area contributed by atoms with E-state index < -0.39 is 0 Å². The number of aryl methyl sites for hydroxylation is 1. The lowest BCUT2D eigenvalue weighted by Gasteiger charge is -2.33. The number of piperidine rings is 1. The van der Waals surface area contributed by atoms with Crippen LogP contribution >= 0.6 is 35.3 Å². The number of aliphatic imine (C=N–C) groups is 1. The van der Waals surface area contributed by atoms with E-state index >= 15 is 0 Å². The van der Waals surface area contributed by atoms with E-state index in [-0.39, 0.29) is 24.0 Å². The summed E-state index contributed by atoms with van der Waals surface area (Å²) in [6.45, 7) is 5.75. The highest BCUT2D eigenvalue weighted by Crippen LogP contribution is 2.24. The molecule has 9 heteroatoms. The normalized spacial score (nSPS) is 15.8. The van der Waals surface area contributed by atoms with E-state index in [1.165, 1.54) is 5.00 Å². The molecule has 0 atom stereocenters. The largest absolute Gasteiger partial charge is 0.363 e. The summed E-state index contributed by atoms with van der Waals surface area (Å²) >= 11 is 1.81. The Morgan fingerprint density at radius 2 is 2.20 bits per heavy atom. The third kappa shape index (κ3) is 5.30. The first kappa shape index (κ1) is 20.0. The average Bonchev–Trinajstić information content (AvgIpc) is 3.30. The smallest absolute Gasteiger partial charge is 0.191 e. The van der Waals surface area contributed by atoms with Crippen LogP contribution in [0, 0.1) is 0 Å². The van der Waals surface area contributed by atoms with Gasteiger partial charge in [-0.1, -0.05) is 0 Å². The van der Waals surface area contributed by atoms with Crippen molar-refractivity contribution in [3.63, 3.8) is 0 Å². The average molecular weight is 475 g/mol. The van der Waals surface area contributed by atoms with E-state index in [2.05, 4.69) is 55.2 Å². The lowest BCUT2D eigenvalue weighted by Crippen LogP contribution is -2.48. The molecule has 1 aliphatic heterocycles. The molecule has 3 heterocycles. The summed E-state index contributed by atoms with van der Waals surface area (Å²) in [6, 6.07) is 4.77. The van der Waals surface area contributed by atoms with Crippen LogP contribution in [0.4, 0.5) is 5.00 Å². The van der Waals surface area contributed by atoms with Gasteiger partial charge in [0.25, 0.3) is 0 Å². The molecule has 2 aromatic rings. The van der Waals surface area contributed by atoms with Crippen molar-refractivity contribution < 1.29 is 0 Å². The molecule has 2 aromatic heterocycles. The number of halogens is 1. The summed E-state index contributed by atoms with van der Waals surface area (Å²) in [4.78, 5) is 6.79. The molecular weight excluding hydrogens is 449 g/mol. The number of anilines is 1. The molecule has 0 bridgehead atoms. The Bertz CT molecular complexity index is 647. The molecule has 2 N–H and O–H groups in total. The maximum atomic E-state index is 4.33. The van der Waals surface area contributed by atoms with E-state index in [4.69, 9.17) is 0 Å².